The van der Waals surface area contributed by atoms with Crippen LogP contribution in [0.15, 0.2) is 6.20 Å². The maximum absolute atomic E-state index is 12.5. The van der Waals surface area contributed by atoms with Crippen molar-refractivity contribution in [3.63, 3.8) is 0 Å². The van der Waals surface area contributed by atoms with Crippen molar-refractivity contribution < 1.29 is 4.79 Å². The van der Waals surface area contributed by atoms with Crippen molar-refractivity contribution in [2.24, 2.45) is 12.8 Å². The summed E-state index contributed by atoms with van der Waals surface area (Å²) >= 11 is 5.20. The predicted octanol–water partition coefficient (Wildman–Crippen LogP) is 1.70. The minimum atomic E-state index is -0.522. The van der Waals surface area contributed by atoms with E-state index in [1.807, 2.05) is 14.0 Å². The Morgan fingerprint density at radius 1 is 1.50 bits per heavy atom. The van der Waals surface area contributed by atoms with Crippen LogP contribution in [0, 0.1) is 0 Å². The molecule has 1 heterocycles. The van der Waals surface area contributed by atoms with Crippen molar-refractivity contribution in [2.75, 3.05) is 0 Å². The number of nitrogens with zero attached hydrogens (tertiary/aromatic N) is 2. The van der Waals surface area contributed by atoms with E-state index < -0.39 is 5.54 Å². The molecule has 0 aliphatic heterocycles. The lowest BCUT2D eigenvalue weighted by Gasteiger charge is -2.37. The molecule has 1 fully saturated rings. The number of hydrogen-bond donors (Lipinski definition) is 2. The molecule has 0 atom stereocenters. The summed E-state index contributed by atoms with van der Waals surface area (Å²) in [5.41, 5.74) is 6.80. The van der Waals surface area contributed by atoms with Gasteiger partial charge in [-0.25, -0.2) is 0 Å². The van der Waals surface area contributed by atoms with Gasteiger partial charge >= 0.3 is 0 Å². The molecular formula is C14H22N4OS. The second-order valence-corrected chi connectivity index (χ2v) is 5.92. The molecular weight excluding hydrogens is 272 g/mol. The van der Waals surface area contributed by atoms with Crippen molar-refractivity contribution in [3.8, 4) is 0 Å². The van der Waals surface area contributed by atoms with E-state index >= 15 is 0 Å². The molecule has 1 aliphatic rings. The van der Waals surface area contributed by atoms with Crippen LogP contribution < -0.4 is 11.1 Å². The predicted molar refractivity (Wildman–Crippen MR) is 82.7 cm³/mol. The maximum atomic E-state index is 12.5. The van der Waals surface area contributed by atoms with Gasteiger partial charge in [-0.2, -0.15) is 5.10 Å². The normalized spacial score (nSPS) is 17.7. The number of aromatic nitrogens is 2. The fourth-order valence-corrected chi connectivity index (χ4v) is 3.11. The van der Waals surface area contributed by atoms with Crippen LogP contribution in [0.5, 0.6) is 0 Å². The number of amides is 1. The molecule has 1 saturated carbocycles. The van der Waals surface area contributed by atoms with Gasteiger partial charge in [0, 0.05) is 13.2 Å². The smallest absolute Gasteiger partial charge is 0.255 e. The average Bonchev–Trinajstić information content (AvgIpc) is 2.81. The van der Waals surface area contributed by atoms with E-state index in [2.05, 4.69) is 10.4 Å². The molecule has 1 aromatic rings. The third-order valence-electron chi connectivity index (χ3n) is 4.02. The summed E-state index contributed by atoms with van der Waals surface area (Å²) in [6.07, 6.45) is 7.41. The van der Waals surface area contributed by atoms with Crippen molar-refractivity contribution in [1.82, 2.24) is 15.1 Å². The van der Waals surface area contributed by atoms with Crippen molar-refractivity contribution in [1.29, 1.82) is 0 Å². The molecule has 0 spiro atoms. The van der Waals surface area contributed by atoms with Gasteiger partial charge in [0.15, 0.2) is 0 Å². The Morgan fingerprint density at radius 2 is 2.15 bits per heavy atom. The summed E-state index contributed by atoms with van der Waals surface area (Å²) in [4.78, 5) is 12.9. The SMILES string of the molecule is CCc1nn(C)cc1C(=O)NC1(C(N)=S)CCCCC1. The molecule has 0 radical (unpaired) electrons. The first-order valence-electron chi connectivity index (χ1n) is 7.13. The molecule has 0 aromatic carbocycles. The molecule has 0 bridgehead atoms. The third-order valence-corrected chi connectivity index (χ3v) is 4.41. The molecule has 6 heteroatoms. The van der Waals surface area contributed by atoms with Gasteiger partial charge in [0.05, 0.1) is 21.8 Å². The summed E-state index contributed by atoms with van der Waals surface area (Å²) in [5, 5.41) is 7.38. The minimum absolute atomic E-state index is 0.121. The first kappa shape index (κ1) is 15.0. The number of rotatable bonds is 4. The van der Waals surface area contributed by atoms with Gasteiger partial charge in [0.25, 0.3) is 5.91 Å². The van der Waals surface area contributed by atoms with E-state index in [4.69, 9.17) is 18.0 Å². The molecule has 110 valence electrons. The zero-order chi connectivity index (χ0) is 14.8. The topological polar surface area (TPSA) is 72.9 Å². The molecule has 5 nitrogen and oxygen atoms in total. The van der Waals surface area contributed by atoms with Gasteiger partial charge < -0.3 is 11.1 Å². The average molecular weight is 294 g/mol. The van der Waals surface area contributed by atoms with Crippen LogP contribution in [0.4, 0.5) is 0 Å². The zero-order valence-electron chi connectivity index (χ0n) is 12.1. The molecule has 1 amide bonds. The Hall–Kier alpha value is -1.43. The molecule has 2 rings (SSSR count). The Balaban J connectivity index is 2.22. The Morgan fingerprint density at radius 3 is 2.70 bits per heavy atom. The van der Waals surface area contributed by atoms with E-state index in [0.717, 1.165) is 37.8 Å². The zero-order valence-corrected chi connectivity index (χ0v) is 12.9. The number of nitrogens with one attached hydrogen (secondary N) is 1. The highest BCUT2D eigenvalue weighted by atomic mass is 32.1. The van der Waals surface area contributed by atoms with Crippen LogP contribution in [-0.2, 0) is 13.5 Å². The number of carbonyl (C=O) groups excluding carboxylic acids is 1. The maximum Gasteiger partial charge on any atom is 0.255 e. The standard InChI is InChI=1S/C14H22N4OS/c1-3-11-10(9-18(2)17-11)12(19)16-14(13(15)20)7-5-4-6-8-14/h9H,3-8H2,1-2H3,(H2,15,20)(H,16,19). The van der Waals surface area contributed by atoms with Gasteiger partial charge in [-0.1, -0.05) is 38.4 Å². The van der Waals surface area contributed by atoms with Crippen LogP contribution in [-0.4, -0.2) is 26.2 Å². The summed E-state index contributed by atoms with van der Waals surface area (Å²) in [5.74, 6) is -0.121. The highest BCUT2D eigenvalue weighted by Gasteiger charge is 2.37. The molecule has 0 unspecified atom stereocenters. The van der Waals surface area contributed by atoms with Crippen molar-refractivity contribution in [2.45, 2.75) is 51.0 Å². The fourth-order valence-electron chi connectivity index (χ4n) is 2.86. The van der Waals surface area contributed by atoms with E-state index in [0.29, 0.717) is 10.6 Å². The number of nitrogens with two attached hydrogens (primary N) is 1. The van der Waals surface area contributed by atoms with Crippen LogP contribution in [0.1, 0.15) is 55.1 Å². The minimum Gasteiger partial charge on any atom is -0.391 e. The lowest BCUT2D eigenvalue weighted by molar-refractivity contribution is 0.0907. The Kier molecular flexibility index (Phi) is 4.42. The van der Waals surface area contributed by atoms with Gasteiger partial charge in [0.2, 0.25) is 0 Å². The summed E-state index contributed by atoms with van der Waals surface area (Å²) < 4.78 is 1.67. The first-order chi connectivity index (χ1) is 9.48. The van der Waals surface area contributed by atoms with Crippen LogP contribution in [0.3, 0.4) is 0 Å². The van der Waals surface area contributed by atoms with Crippen molar-refractivity contribution >= 4 is 23.1 Å². The number of thiocarbonyl (C=S) groups is 1. The van der Waals surface area contributed by atoms with Crippen molar-refractivity contribution in [3.05, 3.63) is 17.5 Å². The van der Waals surface area contributed by atoms with E-state index in [9.17, 15) is 4.79 Å². The molecule has 1 aliphatic carbocycles. The summed E-state index contributed by atoms with van der Waals surface area (Å²) in [6.45, 7) is 1.99. The van der Waals surface area contributed by atoms with Gasteiger partial charge in [0.1, 0.15) is 0 Å². The first-order valence-corrected chi connectivity index (χ1v) is 7.54. The van der Waals surface area contributed by atoms with E-state index in [1.165, 1.54) is 6.42 Å². The lowest BCUT2D eigenvalue weighted by Crippen LogP contribution is -2.57. The number of aryl methyl sites for hydroxylation is 2. The fraction of sp³-hybridized carbons (Fsp3) is 0.643. The molecule has 3 N–H and O–H groups in total. The number of hydrogen-bond acceptors (Lipinski definition) is 3. The quantitative estimate of drug-likeness (QED) is 0.829. The van der Waals surface area contributed by atoms with E-state index in [1.54, 1.807) is 10.9 Å². The highest BCUT2D eigenvalue weighted by molar-refractivity contribution is 7.80. The lowest BCUT2D eigenvalue weighted by atomic mass is 9.81. The molecule has 1 aromatic heterocycles. The van der Waals surface area contributed by atoms with E-state index in [-0.39, 0.29) is 5.91 Å². The molecule has 0 saturated heterocycles. The Bertz CT molecular complexity index is 517. The second kappa shape index (κ2) is 5.91. The monoisotopic (exact) mass is 294 g/mol. The molecule has 20 heavy (non-hydrogen) atoms. The Labute approximate surface area is 124 Å². The largest absolute Gasteiger partial charge is 0.391 e. The van der Waals surface area contributed by atoms with Gasteiger partial charge in [-0.3, -0.25) is 9.48 Å². The van der Waals surface area contributed by atoms with Gasteiger partial charge in [-0.05, 0) is 19.3 Å². The second-order valence-electron chi connectivity index (χ2n) is 5.48. The van der Waals surface area contributed by atoms with Crippen LogP contribution in [0.2, 0.25) is 0 Å². The summed E-state index contributed by atoms with van der Waals surface area (Å²) in [7, 11) is 1.82. The van der Waals surface area contributed by atoms with Crippen LogP contribution >= 0.6 is 12.2 Å². The van der Waals surface area contributed by atoms with Gasteiger partial charge in [-0.15, -0.1) is 0 Å². The third kappa shape index (κ3) is 2.85. The summed E-state index contributed by atoms with van der Waals surface area (Å²) in [6, 6.07) is 0. The highest BCUT2D eigenvalue weighted by Crippen LogP contribution is 2.29. The number of carbonyl (C=O) groups is 1. The van der Waals surface area contributed by atoms with Crippen LogP contribution in [0.25, 0.3) is 0 Å².